The van der Waals surface area contributed by atoms with Crippen LogP contribution < -0.4 is 0 Å². The number of rotatable bonds is 0. The minimum Gasteiger partial charge on any atom is -0.293 e. The van der Waals surface area contributed by atoms with Crippen LogP contribution in [0.25, 0.3) is 0 Å². The van der Waals surface area contributed by atoms with Crippen LogP contribution in [0.15, 0.2) is 29.3 Å². The zero-order valence-electron chi connectivity index (χ0n) is 6.66. The first-order valence-electron chi connectivity index (χ1n) is 4.01. The topological polar surface area (TPSA) is 29.4 Å². The minimum absolute atomic E-state index is 0.117. The summed E-state index contributed by atoms with van der Waals surface area (Å²) in [5, 5.41) is 0. The van der Waals surface area contributed by atoms with Crippen molar-refractivity contribution in [2.75, 3.05) is 0 Å². The number of hydrogen-bond acceptors (Lipinski definition) is 2. The SMILES string of the molecule is O=C1C=Nc2ccccc2CC1. The zero-order chi connectivity index (χ0) is 8.39. The highest BCUT2D eigenvalue weighted by Gasteiger charge is 2.07. The van der Waals surface area contributed by atoms with Gasteiger partial charge >= 0.3 is 0 Å². The van der Waals surface area contributed by atoms with Crippen LogP contribution in [-0.2, 0) is 11.2 Å². The summed E-state index contributed by atoms with van der Waals surface area (Å²) in [6, 6.07) is 7.87. The Bertz CT molecular complexity index is 341. The summed E-state index contributed by atoms with van der Waals surface area (Å²) in [7, 11) is 0. The van der Waals surface area contributed by atoms with Gasteiger partial charge in [-0.25, -0.2) is 0 Å². The molecule has 0 aliphatic carbocycles. The first kappa shape index (κ1) is 7.22. The molecule has 0 N–H and O–H groups in total. The Morgan fingerprint density at radius 2 is 2.00 bits per heavy atom. The maximum absolute atomic E-state index is 11.0. The molecule has 0 bridgehead atoms. The van der Waals surface area contributed by atoms with E-state index < -0.39 is 0 Å². The van der Waals surface area contributed by atoms with E-state index in [1.54, 1.807) is 0 Å². The van der Waals surface area contributed by atoms with Gasteiger partial charge in [0.1, 0.15) is 0 Å². The van der Waals surface area contributed by atoms with Gasteiger partial charge in [-0.15, -0.1) is 0 Å². The number of Topliss-reactive ketones (excluding diaryl/α,β-unsaturated/α-hetero) is 1. The van der Waals surface area contributed by atoms with Crippen molar-refractivity contribution in [3.05, 3.63) is 29.8 Å². The Kier molecular flexibility index (Phi) is 1.74. The standard InChI is InChI=1S/C10H9NO/c12-9-6-5-8-3-1-2-4-10(8)11-7-9/h1-4,7H,5-6H2. The lowest BCUT2D eigenvalue weighted by Gasteiger charge is -1.98. The molecule has 0 amide bonds. The van der Waals surface area contributed by atoms with Crippen LogP contribution >= 0.6 is 0 Å². The van der Waals surface area contributed by atoms with Crippen molar-refractivity contribution in [2.45, 2.75) is 12.8 Å². The molecular weight excluding hydrogens is 150 g/mol. The largest absolute Gasteiger partial charge is 0.293 e. The fourth-order valence-electron chi connectivity index (χ4n) is 1.31. The molecule has 1 aliphatic rings. The molecule has 0 fully saturated rings. The first-order chi connectivity index (χ1) is 5.86. The Hall–Kier alpha value is -1.44. The van der Waals surface area contributed by atoms with E-state index in [1.807, 2.05) is 24.3 Å². The lowest BCUT2D eigenvalue weighted by Crippen LogP contribution is -1.97. The highest BCUT2D eigenvalue weighted by atomic mass is 16.1. The maximum atomic E-state index is 11.0. The highest BCUT2D eigenvalue weighted by Crippen LogP contribution is 2.21. The summed E-state index contributed by atoms with van der Waals surface area (Å²) in [6.07, 6.45) is 2.82. The number of aliphatic imine (C=N–C) groups is 1. The van der Waals surface area contributed by atoms with Crippen LogP contribution in [0.5, 0.6) is 0 Å². The van der Waals surface area contributed by atoms with Gasteiger partial charge in [-0.2, -0.15) is 0 Å². The van der Waals surface area contributed by atoms with Crippen LogP contribution in [0.2, 0.25) is 0 Å². The number of nitrogens with zero attached hydrogens (tertiary/aromatic N) is 1. The molecule has 0 spiro atoms. The van der Waals surface area contributed by atoms with Gasteiger partial charge in [0, 0.05) is 6.42 Å². The van der Waals surface area contributed by atoms with Gasteiger partial charge in [-0.3, -0.25) is 9.79 Å². The monoisotopic (exact) mass is 159 g/mol. The predicted molar refractivity (Wildman–Crippen MR) is 47.9 cm³/mol. The Morgan fingerprint density at radius 3 is 2.92 bits per heavy atom. The third-order valence-electron chi connectivity index (χ3n) is 1.98. The molecule has 2 nitrogen and oxygen atoms in total. The van der Waals surface area contributed by atoms with Gasteiger partial charge in [0.25, 0.3) is 0 Å². The van der Waals surface area contributed by atoms with Crippen LogP contribution in [0.3, 0.4) is 0 Å². The van der Waals surface area contributed by atoms with E-state index >= 15 is 0 Å². The third kappa shape index (κ3) is 1.28. The smallest absolute Gasteiger partial charge is 0.174 e. The van der Waals surface area contributed by atoms with Crippen LogP contribution in [0.1, 0.15) is 12.0 Å². The number of aryl methyl sites for hydroxylation is 1. The average Bonchev–Trinajstić information content (AvgIpc) is 2.29. The fourth-order valence-corrected chi connectivity index (χ4v) is 1.31. The second-order valence-corrected chi connectivity index (χ2v) is 2.85. The Balaban J connectivity index is 2.45. The molecule has 2 heteroatoms. The van der Waals surface area contributed by atoms with Gasteiger partial charge in [-0.1, -0.05) is 18.2 Å². The third-order valence-corrected chi connectivity index (χ3v) is 1.98. The van der Waals surface area contributed by atoms with Crippen LogP contribution in [-0.4, -0.2) is 12.0 Å². The van der Waals surface area contributed by atoms with Gasteiger partial charge in [0.05, 0.1) is 11.9 Å². The van der Waals surface area contributed by atoms with Gasteiger partial charge in [0.15, 0.2) is 5.78 Å². The lowest BCUT2D eigenvalue weighted by atomic mass is 10.1. The minimum atomic E-state index is 0.117. The number of carbonyl (C=O) groups excluding carboxylic acids is 1. The van der Waals surface area contributed by atoms with E-state index in [2.05, 4.69) is 4.99 Å². The molecule has 0 unspecified atom stereocenters. The van der Waals surface area contributed by atoms with Crippen molar-refractivity contribution < 1.29 is 4.79 Å². The molecule has 12 heavy (non-hydrogen) atoms. The number of carbonyl (C=O) groups is 1. The highest BCUT2D eigenvalue weighted by molar-refractivity contribution is 6.28. The molecule has 0 saturated carbocycles. The summed E-state index contributed by atoms with van der Waals surface area (Å²) in [5.41, 5.74) is 2.10. The first-order valence-corrected chi connectivity index (χ1v) is 4.01. The molecule has 1 heterocycles. The van der Waals surface area contributed by atoms with E-state index in [0.29, 0.717) is 6.42 Å². The summed E-state index contributed by atoms with van der Waals surface area (Å²) in [4.78, 5) is 15.1. The molecule has 2 rings (SSSR count). The van der Waals surface area contributed by atoms with E-state index in [4.69, 9.17) is 0 Å². The molecule has 0 aromatic heterocycles. The average molecular weight is 159 g/mol. The van der Waals surface area contributed by atoms with E-state index in [9.17, 15) is 4.79 Å². The number of benzene rings is 1. The Morgan fingerprint density at radius 1 is 1.17 bits per heavy atom. The molecule has 0 saturated heterocycles. The molecule has 1 aromatic carbocycles. The number of fused-ring (bicyclic) bond motifs is 1. The quantitative estimate of drug-likeness (QED) is 0.568. The summed E-state index contributed by atoms with van der Waals surface area (Å²) in [5.74, 6) is 0.117. The molecule has 0 radical (unpaired) electrons. The van der Waals surface area contributed by atoms with Crippen molar-refractivity contribution in [1.82, 2.24) is 0 Å². The van der Waals surface area contributed by atoms with E-state index in [-0.39, 0.29) is 5.78 Å². The van der Waals surface area contributed by atoms with Crippen molar-refractivity contribution in [3.63, 3.8) is 0 Å². The van der Waals surface area contributed by atoms with Crippen molar-refractivity contribution in [2.24, 2.45) is 4.99 Å². The molecular formula is C10H9NO. The molecule has 60 valence electrons. The lowest BCUT2D eigenvalue weighted by molar-refractivity contribution is -0.112. The van der Waals surface area contributed by atoms with Gasteiger partial charge in [-0.05, 0) is 18.1 Å². The summed E-state index contributed by atoms with van der Waals surface area (Å²) < 4.78 is 0. The fraction of sp³-hybridized carbons (Fsp3) is 0.200. The second-order valence-electron chi connectivity index (χ2n) is 2.85. The van der Waals surface area contributed by atoms with Crippen molar-refractivity contribution in [1.29, 1.82) is 0 Å². The van der Waals surface area contributed by atoms with E-state index in [1.165, 1.54) is 11.8 Å². The summed E-state index contributed by atoms with van der Waals surface area (Å²) in [6.45, 7) is 0. The van der Waals surface area contributed by atoms with Crippen molar-refractivity contribution >= 4 is 17.7 Å². The van der Waals surface area contributed by atoms with Gasteiger partial charge < -0.3 is 0 Å². The molecule has 1 aromatic rings. The Labute approximate surface area is 70.9 Å². The molecule has 0 atom stereocenters. The normalized spacial score (nSPS) is 15.5. The summed E-state index contributed by atoms with van der Waals surface area (Å²) >= 11 is 0. The number of para-hydroxylation sites is 1. The number of hydrogen-bond donors (Lipinski definition) is 0. The maximum Gasteiger partial charge on any atom is 0.174 e. The van der Waals surface area contributed by atoms with Crippen LogP contribution in [0.4, 0.5) is 5.69 Å². The number of ketones is 1. The zero-order valence-corrected chi connectivity index (χ0v) is 6.66. The molecule has 1 aliphatic heterocycles. The predicted octanol–water partition coefficient (Wildman–Crippen LogP) is 1.90. The van der Waals surface area contributed by atoms with E-state index in [0.717, 1.165) is 12.1 Å². The van der Waals surface area contributed by atoms with Gasteiger partial charge in [0.2, 0.25) is 0 Å². The van der Waals surface area contributed by atoms with Crippen LogP contribution in [0, 0.1) is 0 Å². The van der Waals surface area contributed by atoms with Crippen molar-refractivity contribution in [3.8, 4) is 0 Å². The second kappa shape index (κ2) is 2.89.